The summed E-state index contributed by atoms with van der Waals surface area (Å²) >= 11 is 0.744. The van der Waals surface area contributed by atoms with Gasteiger partial charge in [0.1, 0.15) is 0 Å². The first-order chi connectivity index (χ1) is 10.8. The van der Waals surface area contributed by atoms with Crippen LogP contribution in [0.4, 0.5) is 13.2 Å². The third-order valence-corrected chi connectivity index (χ3v) is 3.50. The van der Waals surface area contributed by atoms with Gasteiger partial charge in [0.15, 0.2) is 10.9 Å². The number of carbonyl (C=O) groups excluding carboxylic acids is 2. The number of alkyl halides is 3. The summed E-state index contributed by atoms with van der Waals surface area (Å²) in [5, 5.41) is 6.31. The number of furan rings is 1. The minimum Gasteiger partial charge on any atom is -0.459 e. The van der Waals surface area contributed by atoms with Crippen molar-refractivity contribution in [3.8, 4) is 0 Å². The second-order valence-electron chi connectivity index (χ2n) is 4.13. The van der Waals surface area contributed by atoms with Gasteiger partial charge in [-0.3, -0.25) is 20.4 Å². The molecular weight excluding hydrogens is 339 g/mol. The number of nitrogens with zero attached hydrogens (tertiary/aromatic N) is 3. The second kappa shape index (κ2) is 6.73. The number of carbonyl (C=O) groups is 2. The molecule has 23 heavy (non-hydrogen) atoms. The largest absolute Gasteiger partial charge is 0.459 e. The monoisotopic (exact) mass is 349 g/mol. The smallest absolute Gasteiger partial charge is 0.451 e. The van der Waals surface area contributed by atoms with Crippen molar-refractivity contribution < 1.29 is 27.2 Å². The van der Waals surface area contributed by atoms with Crippen molar-refractivity contribution in [2.24, 2.45) is 7.05 Å². The fourth-order valence-electron chi connectivity index (χ4n) is 1.45. The molecular formula is C11H10F3N5O3S. The molecule has 2 amide bonds. The van der Waals surface area contributed by atoms with Crippen molar-refractivity contribution in [1.82, 2.24) is 25.6 Å². The Morgan fingerprint density at radius 3 is 2.65 bits per heavy atom. The maximum Gasteiger partial charge on any atom is 0.451 e. The zero-order valence-electron chi connectivity index (χ0n) is 11.5. The van der Waals surface area contributed by atoms with E-state index in [0.29, 0.717) is 0 Å². The highest BCUT2D eigenvalue weighted by Crippen LogP contribution is 2.29. The lowest BCUT2D eigenvalue weighted by Gasteiger charge is -2.07. The summed E-state index contributed by atoms with van der Waals surface area (Å²) in [5.74, 6) is -2.71. The maximum absolute atomic E-state index is 12.5. The zero-order valence-corrected chi connectivity index (χ0v) is 12.4. The normalized spacial score (nSPS) is 11.3. The molecule has 0 atom stereocenters. The van der Waals surface area contributed by atoms with Crippen molar-refractivity contribution in [3.05, 3.63) is 30.0 Å². The van der Waals surface area contributed by atoms with Crippen LogP contribution in [0.5, 0.6) is 0 Å². The number of amides is 2. The molecule has 0 spiro atoms. The molecule has 0 saturated heterocycles. The van der Waals surface area contributed by atoms with Gasteiger partial charge in [-0.1, -0.05) is 11.8 Å². The van der Waals surface area contributed by atoms with E-state index in [0.717, 1.165) is 23.4 Å². The lowest BCUT2D eigenvalue weighted by Crippen LogP contribution is -2.42. The summed E-state index contributed by atoms with van der Waals surface area (Å²) in [6.45, 7) is 0. The average molecular weight is 349 g/mol. The number of nitrogens with one attached hydrogen (secondary N) is 2. The van der Waals surface area contributed by atoms with Crippen LogP contribution >= 0.6 is 11.8 Å². The average Bonchev–Trinajstić information content (AvgIpc) is 3.11. The van der Waals surface area contributed by atoms with E-state index in [4.69, 9.17) is 4.42 Å². The van der Waals surface area contributed by atoms with Crippen LogP contribution in [-0.2, 0) is 18.0 Å². The van der Waals surface area contributed by atoms with Crippen LogP contribution in [-0.4, -0.2) is 32.3 Å². The SMILES string of the molecule is Cn1c(SCC(=O)NNC(=O)c2ccco2)nnc1C(F)(F)F. The third-order valence-electron chi connectivity index (χ3n) is 2.48. The number of hydrogen-bond donors (Lipinski definition) is 2. The Balaban J connectivity index is 1.83. The van der Waals surface area contributed by atoms with Crippen molar-refractivity contribution >= 4 is 23.6 Å². The molecule has 0 unspecified atom stereocenters. The Morgan fingerprint density at radius 2 is 2.09 bits per heavy atom. The lowest BCUT2D eigenvalue weighted by molar-refractivity contribution is -0.147. The van der Waals surface area contributed by atoms with Gasteiger partial charge in [-0.2, -0.15) is 13.2 Å². The number of thioether (sulfide) groups is 1. The number of hydrogen-bond acceptors (Lipinski definition) is 6. The molecule has 2 aromatic heterocycles. The quantitative estimate of drug-likeness (QED) is 0.630. The van der Waals surface area contributed by atoms with E-state index in [2.05, 4.69) is 21.0 Å². The van der Waals surface area contributed by atoms with Gasteiger partial charge in [0.05, 0.1) is 12.0 Å². The Labute approximate surface area is 131 Å². The minimum atomic E-state index is -4.63. The minimum absolute atomic E-state index is 0.000994. The van der Waals surface area contributed by atoms with Crippen LogP contribution in [0.1, 0.15) is 16.4 Å². The van der Waals surface area contributed by atoms with Gasteiger partial charge < -0.3 is 8.98 Å². The number of halogens is 3. The van der Waals surface area contributed by atoms with Gasteiger partial charge in [0.25, 0.3) is 0 Å². The molecule has 0 bridgehead atoms. The molecule has 12 heteroatoms. The van der Waals surface area contributed by atoms with Crippen molar-refractivity contribution in [1.29, 1.82) is 0 Å². The van der Waals surface area contributed by atoms with Gasteiger partial charge in [-0.25, -0.2) is 0 Å². The summed E-state index contributed by atoms with van der Waals surface area (Å²) in [5.41, 5.74) is 4.20. The van der Waals surface area contributed by atoms with E-state index in [1.807, 2.05) is 0 Å². The molecule has 0 aliphatic carbocycles. The second-order valence-corrected chi connectivity index (χ2v) is 5.07. The van der Waals surface area contributed by atoms with Gasteiger partial charge in [0.2, 0.25) is 11.7 Å². The van der Waals surface area contributed by atoms with Crippen molar-refractivity contribution in [3.63, 3.8) is 0 Å². The van der Waals surface area contributed by atoms with Gasteiger partial charge in [-0.15, -0.1) is 10.2 Å². The summed E-state index contributed by atoms with van der Waals surface area (Å²) < 4.78 is 43.2. The Bertz CT molecular complexity index is 698. The third kappa shape index (κ3) is 4.25. The molecule has 124 valence electrons. The highest BCUT2D eigenvalue weighted by atomic mass is 32.2. The van der Waals surface area contributed by atoms with Crippen molar-refractivity contribution in [2.45, 2.75) is 11.3 Å². The summed E-state index contributed by atoms with van der Waals surface area (Å²) in [4.78, 5) is 23.0. The van der Waals surface area contributed by atoms with E-state index >= 15 is 0 Å². The fraction of sp³-hybridized carbons (Fsp3) is 0.273. The molecule has 0 radical (unpaired) electrons. The molecule has 2 heterocycles. The number of rotatable bonds is 4. The Kier molecular flexibility index (Phi) is 4.93. The highest BCUT2D eigenvalue weighted by Gasteiger charge is 2.37. The predicted molar refractivity (Wildman–Crippen MR) is 71.0 cm³/mol. The van der Waals surface area contributed by atoms with E-state index in [1.54, 1.807) is 0 Å². The maximum atomic E-state index is 12.5. The van der Waals surface area contributed by atoms with Crippen LogP contribution in [0.3, 0.4) is 0 Å². The van der Waals surface area contributed by atoms with E-state index < -0.39 is 23.8 Å². The topological polar surface area (TPSA) is 102 Å². The molecule has 2 aromatic rings. The van der Waals surface area contributed by atoms with Crippen LogP contribution in [0.25, 0.3) is 0 Å². The van der Waals surface area contributed by atoms with Crippen LogP contribution in [0.15, 0.2) is 28.0 Å². The molecule has 0 aliphatic rings. The van der Waals surface area contributed by atoms with Crippen LogP contribution in [0, 0.1) is 0 Å². The first kappa shape index (κ1) is 16.9. The zero-order chi connectivity index (χ0) is 17.0. The molecule has 0 saturated carbocycles. The number of aromatic nitrogens is 3. The van der Waals surface area contributed by atoms with Gasteiger partial charge in [0, 0.05) is 7.05 Å². The van der Waals surface area contributed by atoms with Gasteiger partial charge in [-0.05, 0) is 12.1 Å². The Morgan fingerprint density at radius 1 is 1.35 bits per heavy atom. The molecule has 8 nitrogen and oxygen atoms in total. The van der Waals surface area contributed by atoms with E-state index in [9.17, 15) is 22.8 Å². The Hall–Kier alpha value is -2.50. The molecule has 0 aromatic carbocycles. The molecule has 0 fully saturated rings. The fourth-order valence-corrected chi connectivity index (χ4v) is 2.16. The van der Waals surface area contributed by atoms with E-state index in [1.165, 1.54) is 18.4 Å². The lowest BCUT2D eigenvalue weighted by atomic mass is 10.4. The molecule has 2 N–H and O–H groups in total. The van der Waals surface area contributed by atoms with Crippen molar-refractivity contribution in [2.75, 3.05) is 5.75 Å². The highest BCUT2D eigenvalue weighted by molar-refractivity contribution is 7.99. The molecule has 2 rings (SSSR count). The van der Waals surface area contributed by atoms with Crippen LogP contribution < -0.4 is 10.9 Å². The summed E-state index contributed by atoms with van der Waals surface area (Å²) in [7, 11) is 1.14. The predicted octanol–water partition coefficient (Wildman–Crippen LogP) is 0.980. The standard InChI is InChI=1S/C11H10F3N5O3S/c1-19-9(11(12,13)14)17-18-10(19)23-5-7(20)15-16-8(21)6-3-2-4-22-6/h2-4H,5H2,1H3,(H,15,20)(H,16,21). The number of hydrazine groups is 1. The summed E-state index contributed by atoms with van der Waals surface area (Å²) in [6.07, 6.45) is -3.33. The van der Waals surface area contributed by atoms with Crippen LogP contribution in [0.2, 0.25) is 0 Å². The van der Waals surface area contributed by atoms with E-state index in [-0.39, 0.29) is 16.7 Å². The van der Waals surface area contributed by atoms with Gasteiger partial charge >= 0.3 is 12.1 Å². The first-order valence-corrected chi connectivity index (χ1v) is 6.99. The molecule has 0 aliphatic heterocycles. The summed E-state index contributed by atoms with van der Waals surface area (Å²) in [6, 6.07) is 2.90. The first-order valence-electron chi connectivity index (χ1n) is 6.01.